The Bertz CT molecular complexity index is 347. The van der Waals surface area contributed by atoms with E-state index in [1.54, 1.807) is 13.1 Å². The topological polar surface area (TPSA) is 12.4 Å². The summed E-state index contributed by atoms with van der Waals surface area (Å²) in [5.41, 5.74) is 1.11. The summed E-state index contributed by atoms with van der Waals surface area (Å²) in [6, 6.07) is 4.18. The lowest BCUT2D eigenvalue weighted by molar-refractivity contribution is 0.628. The molecule has 0 spiro atoms. The van der Waals surface area contributed by atoms with Gasteiger partial charge in [-0.2, -0.15) is 0 Å². The van der Waals surface area contributed by atoms with Gasteiger partial charge in [-0.1, -0.05) is 5.92 Å². The summed E-state index contributed by atoms with van der Waals surface area (Å²) in [6.07, 6.45) is 6.76. The highest BCUT2D eigenvalue weighted by Crippen LogP contribution is 2.18. The summed E-state index contributed by atoms with van der Waals surface area (Å²) >= 11 is 0. The van der Waals surface area contributed by atoms with Gasteiger partial charge in [0.2, 0.25) is 0 Å². The van der Waals surface area contributed by atoms with Crippen LogP contribution in [0.5, 0.6) is 0 Å². The van der Waals surface area contributed by atoms with E-state index in [4.69, 9.17) is 6.42 Å². The zero-order valence-corrected chi connectivity index (χ0v) is 6.71. The second kappa shape index (κ2) is 3.68. The molecule has 0 bridgehead atoms. The Balaban J connectivity index is 3.24. The maximum atomic E-state index is 12.7. The summed E-state index contributed by atoms with van der Waals surface area (Å²) in [5.74, 6) is 2.10. The summed E-state index contributed by atoms with van der Waals surface area (Å²) in [7, 11) is 0. The van der Waals surface area contributed by atoms with Crippen LogP contribution in [0.15, 0.2) is 23.2 Å². The number of benzene rings is 1. The van der Waals surface area contributed by atoms with E-state index in [0.717, 1.165) is 0 Å². The molecule has 0 atom stereocenters. The van der Waals surface area contributed by atoms with Gasteiger partial charge in [0.15, 0.2) is 0 Å². The highest BCUT2D eigenvalue weighted by Gasteiger charge is 1.98. The molecule has 1 rings (SSSR count). The van der Waals surface area contributed by atoms with Gasteiger partial charge in [0.1, 0.15) is 5.82 Å². The lowest BCUT2D eigenvalue weighted by Gasteiger charge is -1.96. The summed E-state index contributed by atoms with van der Waals surface area (Å²) in [5, 5.41) is 0. The molecule has 0 N–H and O–H groups in total. The highest BCUT2D eigenvalue weighted by molar-refractivity contribution is 5.65. The SMILES string of the molecule is C#Cc1ccc(F)cc1N=CC. The minimum atomic E-state index is -0.324. The minimum Gasteiger partial charge on any atom is -0.260 e. The first-order valence-corrected chi connectivity index (χ1v) is 3.52. The third-order valence-electron chi connectivity index (χ3n) is 1.38. The van der Waals surface area contributed by atoms with E-state index in [1.165, 1.54) is 18.2 Å². The summed E-state index contributed by atoms with van der Waals surface area (Å²) in [4.78, 5) is 3.93. The van der Waals surface area contributed by atoms with Crippen LogP contribution in [0.3, 0.4) is 0 Å². The summed E-state index contributed by atoms with van der Waals surface area (Å²) < 4.78 is 12.7. The monoisotopic (exact) mass is 161 g/mol. The normalized spacial score (nSPS) is 10.1. The lowest BCUT2D eigenvalue weighted by atomic mass is 10.2. The van der Waals surface area contributed by atoms with Crippen molar-refractivity contribution in [1.29, 1.82) is 0 Å². The number of hydrogen-bond acceptors (Lipinski definition) is 1. The van der Waals surface area contributed by atoms with Crippen LogP contribution in [0.25, 0.3) is 0 Å². The Kier molecular flexibility index (Phi) is 2.60. The van der Waals surface area contributed by atoms with Gasteiger partial charge in [-0.15, -0.1) is 6.42 Å². The average molecular weight is 161 g/mol. The largest absolute Gasteiger partial charge is 0.260 e. The first-order chi connectivity index (χ1) is 5.77. The van der Waals surface area contributed by atoms with Gasteiger partial charge in [-0.05, 0) is 19.1 Å². The maximum Gasteiger partial charge on any atom is 0.125 e. The standard InChI is InChI=1S/C10H8FN/c1-3-8-5-6-9(11)7-10(8)12-4-2/h1,4-7H,2H3. The fraction of sp³-hybridized carbons (Fsp3) is 0.100. The molecule has 0 amide bonds. The van der Waals surface area contributed by atoms with Crippen LogP contribution in [-0.2, 0) is 0 Å². The molecule has 1 aromatic carbocycles. The van der Waals surface area contributed by atoms with Crippen LogP contribution in [0, 0.1) is 18.2 Å². The number of hydrogen-bond donors (Lipinski definition) is 0. The molecular weight excluding hydrogens is 153 g/mol. The van der Waals surface area contributed by atoms with Crippen LogP contribution in [0.2, 0.25) is 0 Å². The van der Waals surface area contributed by atoms with E-state index in [0.29, 0.717) is 11.3 Å². The molecule has 0 radical (unpaired) electrons. The second-order valence-electron chi connectivity index (χ2n) is 2.19. The van der Waals surface area contributed by atoms with Gasteiger partial charge < -0.3 is 0 Å². The van der Waals surface area contributed by atoms with E-state index in [1.807, 2.05) is 0 Å². The molecular formula is C10H8FN. The molecule has 0 aromatic heterocycles. The smallest absolute Gasteiger partial charge is 0.125 e. The van der Waals surface area contributed by atoms with Gasteiger partial charge in [-0.3, -0.25) is 4.99 Å². The first-order valence-electron chi connectivity index (χ1n) is 3.52. The van der Waals surface area contributed by atoms with Crippen molar-refractivity contribution < 1.29 is 4.39 Å². The number of terminal acetylenes is 1. The second-order valence-corrected chi connectivity index (χ2v) is 2.19. The van der Waals surface area contributed by atoms with Gasteiger partial charge >= 0.3 is 0 Å². The molecule has 2 heteroatoms. The van der Waals surface area contributed by atoms with Gasteiger partial charge in [0.25, 0.3) is 0 Å². The Morgan fingerprint density at radius 1 is 1.58 bits per heavy atom. The Labute approximate surface area is 71.0 Å². The van der Waals surface area contributed by atoms with E-state index in [2.05, 4.69) is 10.9 Å². The van der Waals surface area contributed by atoms with Crippen molar-refractivity contribution >= 4 is 11.9 Å². The summed E-state index contributed by atoms with van der Waals surface area (Å²) in [6.45, 7) is 1.76. The number of halogens is 1. The number of nitrogens with zero attached hydrogens (tertiary/aromatic N) is 1. The molecule has 0 aliphatic heterocycles. The Hall–Kier alpha value is -1.62. The third kappa shape index (κ3) is 1.70. The predicted molar refractivity (Wildman–Crippen MR) is 48.2 cm³/mol. The van der Waals surface area contributed by atoms with Crippen molar-refractivity contribution in [2.24, 2.45) is 4.99 Å². The molecule has 60 valence electrons. The fourth-order valence-corrected chi connectivity index (χ4v) is 0.873. The van der Waals surface area contributed by atoms with E-state index >= 15 is 0 Å². The molecule has 0 aliphatic carbocycles. The minimum absolute atomic E-state index is 0.324. The number of aliphatic imine (C=N–C) groups is 1. The average Bonchev–Trinajstić information content (AvgIpc) is 2.05. The number of rotatable bonds is 1. The van der Waals surface area contributed by atoms with Crippen LogP contribution in [0.4, 0.5) is 10.1 Å². The quantitative estimate of drug-likeness (QED) is 0.443. The van der Waals surface area contributed by atoms with Crippen LogP contribution < -0.4 is 0 Å². The van der Waals surface area contributed by atoms with Crippen LogP contribution >= 0.6 is 0 Å². The molecule has 0 unspecified atom stereocenters. The molecule has 0 saturated heterocycles. The molecule has 0 heterocycles. The molecule has 1 aromatic rings. The fourth-order valence-electron chi connectivity index (χ4n) is 0.873. The van der Waals surface area contributed by atoms with Crippen LogP contribution in [0.1, 0.15) is 12.5 Å². The van der Waals surface area contributed by atoms with Crippen molar-refractivity contribution in [2.75, 3.05) is 0 Å². The Morgan fingerprint density at radius 2 is 2.33 bits per heavy atom. The molecule has 0 aliphatic rings. The van der Waals surface area contributed by atoms with Crippen molar-refractivity contribution in [3.8, 4) is 12.3 Å². The van der Waals surface area contributed by atoms with E-state index in [9.17, 15) is 4.39 Å². The molecule has 12 heavy (non-hydrogen) atoms. The molecule has 0 saturated carbocycles. The van der Waals surface area contributed by atoms with Crippen molar-refractivity contribution in [3.05, 3.63) is 29.6 Å². The van der Waals surface area contributed by atoms with Crippen molar-refractivity contribution in [1.82, 2.24) is 0 Å². The van der Waals surface area contributed by atoms with Crippen LogP contribution in [-0.4, -0.2) is 6.21 Å². The van der Waals surface area contributed by atoms with Gasteiger partial charge in [0, 0.05) is 12.3 Å². The maximum absolute atomic E-state index is 12.7. The third-order valence-corrected chi connectivity index (χ3v) is 1.38. The van der Waals surface area contributed by atoms with Crippen molar-refractivity contribution in [3.63, 3.8) is 0 Å². The van der Waals surface area contributed by atoms with E-state index < -0.39 is 0 Å². The first kappa shape index (κ1) is 8.48. The highest BCUT2D eigenvalue weighted by atomic mass is 19.1. The van der Waals surface area contributed by atoms with Gasteiger partial charge in [-0.25, -0.2) is 4.39 Å². The zero-order chi connectivity index (χ0) is 8.97. The van der Waals surface area contributed by atoms with Crippen molar-refractivity contribution in [2.45, 2.75) is 6.92 Å². The van der Waals surface area contributed by atoms with E-state index in [-0.39, 0.29) is 5.82 Å². The van der Waals surface area contributed by atoms with Gasteiger partial charge in [0.05, 0.1) is 11.3 Å². The Morgan fingerprint density at radius 3 is 2.92 bits per heavy atom. The molecule has 0 fully saturated rings. The molecule has 1 nitrogen and oxygen atoms in total. The predicted octanol–water partition coefficient (Wildman–Crippen LogP) is 2.53. The zero-order valence-electron chi connectivity index (χ0n) is 6.71. The lowest BCUT2D eigenvalue weighted by Crippen LogP contribution is -1.79.